The van der Waals surface area contributed by atoms with Gasteiger partial charge in [0.05, 0.1) is 6.54 Å². The molecule has 0 radical (unpaired) electrons. The van der Waals surface area contributed by atoms with Crippen molar-refractivity contribution in [3.63, 3.8) is 0 Å². The topological polar surface area (TPSA) is 33.6 Å². The van der Waals surface area contributed by atoms with Crippen LogP contribution in [0.2, 0.25) is 0 Å². The van der Waals surface area contributed by atoms with Crippen LogP contribution in [0.15, 0.2) is 59.6 Å². The second kappa shape index (κ2) is 4.37. The van der Waals surface area contributed by atoms with Crippen molar-refractivity contribution in [3.05, 3.63) is 65.7 Å². The minimum atomic E-state index is -0.485. The summed E-state index contributed by atoms with van der Waals surface area (Å²) in [4.78, 5) is 4.63. The lowest BCUT2D eigenvalue weighted by Crippen LogP contribution is -2.46. The Labute approximate surface area is 118 Å². The Hall–Kier alpha value is -2.29. The highest BCUT2D eigenvalue weighted by molar-refractivity contribution is 5.94. The van der Waals surface area contributed by atoms with E-state index < -0.39 is 5.60 Å². The molecule has 2 aromatic rings. The summed E-state index contributed by atoms with van der Waals surface area (Å²) >= 11 is 0. The molecule has 0 fully saturated rings. The number of aliphatic imine (C=N–C) groups is 1. The van der Waals surface area contributed by atoms with Crippen LogP contribution >= 0.6 is 0 Å². The Balaban J connectivity index is 1.85. The summed E-state index contributed by atoms with van der Waals surface area (Å²) < 4.78 is 6.37. The van der Waals surface area contributed by atoms with Crippen molar-refractivity contribution in [2.75, 3.05) is 13.1 Å². The average Bonchev–Trinajstić information content (AvgIpc) is 3.16. The minimum Gasteiger partial charge on any atom is -0.474 e. The molecule has 0 aromatic heterocycles. The smallest absolute Gasteiger partial charge is 0.194 e. The van der Waals surface area contributed by atoms with Crippen molar-refractivity contribution in [1.82, 2.24) is 5.32 Å². The van der Waals surface area contributed by atoms with Crippen LogP contribution in [-0.4, -0.2) is 18.9 Å². The van der Waals surface area contributed by atoms with Crippen molar-refractivity contribution in [2.24, 2.45) is 4.99 Å². The van der Waals surface area contributed by atoms with Crippen LogP contribution in [0.5, 0.6) is 5.75 Å². The zero-order valence-corrected chi connectivity index (χ0v) is 11.2. The van der Waals surface area contributed by atoms with Crippen LogP contribution in [0.3, 0.4) is 0 Å². The Bertz CT molecular complexity index is 639. The molecule has 20 heavy (non-hydrogen) atoms. The maximum Gasteiger partial charge on any atom is 0.194 e. The molecule has 0 aliphatic carbocycles. The van der Waals surface area contributed by atoms with Gasteiger partial charge in [0.1, 0.15) is 11.6 Å². The van der Waals surface area contributed by atoms with Crippen LogP contribution in [0.4, 0.5) is 0 Å². The van der Waals surface area contributed by atoms with E-state index in [9.17, 15) is 0 Å². The molecule has 3 heteroatoms. The molecular formula is C17H16N2O. The van der Waals surface area contributed by atoms with E-state index >= 15 is 0 Å². The Morgan fingerprint density at radius 3 is 2.55 bits per heavy atom. The fourth-order valence-corrected chi connectivity index (χ4v) is 3.05. The first-order chi connectivity index (χ1) is 9.88. The average molecular weight is 264 g/mol. The molecule has 4 rings (SSSR count). The fraction of sp³-hybridized carbons (Fsp3) is 0.235. The molecule has 0 saturated heterocycles. The highest BCUT2D eigenvalue weighted by Gasteiger charge is 2.46. The maximum absolute atomic E-state index is 6.37. The summed E-state index contributed by atoms with van der Waals surface area (Å²) in [5, 5.41) is 3.40. The van der Waals surface area contributed by atoms with E-state index in [1.54, 1.807) is 0 Å². The van der Waals surface area contributed by atoms with Crippen molar-refractivity contribution < 1.29 is 4.74 Å². The number of ether oxygens (including phenoxy) is 1. The van der Waals surface area contributed by atoms with Gasteiger partial charge in [0.2, 0.25) is 0 Å². The third-order valence-electron chi connectivity index (χ3n) is 3.99. The van der Waals surface area contributed by atoms with Gasteiger partial charge < -0.3 is 10.1 Å². The highest BCUT2D eigenvalue weighted by atomic mass is 16.5. The zero-order valence-electron chi connectivity index (χ0n) is 11.2. The van der Waals surface area contributed by atoms with Gasteiger partial charge >= 0.3 is 0 Å². The van der Waals surface area contributed by atoms with Gasteiger partial charge in [0.25, 0.3) is 0 Å². The van der Waals surface area contributed by atoms with Crippen molar-refractivity contribution in [2.45, 2.75) is 12.0 Å². The summed E-state index contributed by atoms with van der Waals surface area (Å²) in [6.45, 7) is 1.72. The maximum atomic E-state index is 6.37. The zero-order chi connectivity index (χ0) is 13.4. The number of hydrogen-bond acceptors (Lipinski definition) is 3. The normalized spacial score (nSPS) is 23.7. The van der Waals surface area contributed by atoms with E-state index in [4.69, 9.17) is 4.74 Å². The molecule has 2 aliphatic rings. The number of amidine groups is 1. The second-order valence-corrected chi connectivity index (χ2v) is 5.24. The van der Waals surface area contributed by atoms with Crippen LogP contribution in [0.1, 0.15) is 11.1 Å². The van der Waals surface area contributed by atoms with Gasteiger partial charge in [0.15, 0.2) is 5.60 Å². The molecule has 0 saturated carbocycles. The number of para-hydroxylation sites is 1. The molecular weight excluding hydrogens is 248 g/mol. The number of benzene rings is 2. The SMILES string of the molecule is c1ccc(C2(C3=NCCN3)Cc3ccccc3O2)cc1. The quantitative estimate of drug-likeness (QED) is 0.904. The molecule has 3 nitrogen and oxygen atoms in total. The van der Waals surface area contributed by atoms with Gasteiger partial charge in [0, 0.05) is 18.5 Å². The number of rotatable bonds is 2. The first-order valence-corrected chi connectivity index (χ1v) is 7.00. The van der Waals surface area contributed by atoms with Crippen molar-refractivity contribution >= 4 is 5.84 Å². The number of fused-ring (bicyclic) bond motifs is 1. The van der Waals surface area contributed by atoms with E-state index in [-0.39, 0.29) is 0 Å². The molecule has 2 aromatic carbocycles. The Kier molecular flexibility index (Phi) is 2.52. The Morgan fingerprint density at radius 2 is 1.80 bits per heavy atom. The molecule has 100 valence electrons. The van der Waals surface area contributed by atoms with E-state index in [1.807, 2.05) is 18.2 Å². The largest absolute Gasteiger partial charge is 0.474 e. The Morgan fingerprint density at radius 1 is 1.00 bits per heavy atom. The molecule has 2 heterocycles. The first-order valence-electron chi connectivity index (χ1n) is 7.00. The first kappa shape index (κ1) is 11.5. The standard InChI is InChI=1S/C17H16N2O/c1-2-7-14(8-3-1)17(16-18-10-11-19-16)12-13-6-4-5-9-15(13)20-17/h1-9H,10-12H2,(H,18,19). The summed E-state index contributed by atoms with van der Waals surface area (Å²) in [7, 11) is 0. The van der Waals surface area contributed by atoms with Crippen LogP contribution in [-0.2, 0) is 12.0 Å². The lowest BCUT2D eigenvalue weighted by atomic mass is 9.88. The number of nitrogens with one attached hydrogen (secondary N) is 1. The lowest BCUT2D eigenvalue weighted by Gasteiger charge is -2.29. The van der Waals surface area contributed by atoms with Gasteiger partial charge in [-0.2, -0.15) is 0 Å². The van der Waals surface area contributed by atoms with E-state index in [0.29, 0.717) is 0 Å². The number of hydrogen-bond donors (Lipinski definition) is 1. The molecule has 2 aliphatic heterocycles. The molecule has 0 spiro atoms. The van der Waals surface area contributed by atoms with Crippen LogP contribution < -0.4 is 10.1 Å². The lowest BCUT2D eigenvalue weighted by molar-refractivity contribution is 0.168. The molecule has 0 amide bonds. The van der Waals surface area contributed by atoms with Crippen molar-refractivity contribution in [1.29, 1.82) is 0 Å². The second-order valence-electron chi connectivity index (χ2n) is 5.24. The van der Waals surface area contributed by atoms with Crippen LogP contribution in [0, 0.1) is 0 Å². The van der Waals surface area contributed by atoms with Gasteiger partial charge in [-0.1, -0.05) is 48.5 Å². The van der Waals surface area contributed by atoms with Gasteiger partial charge in [-0.15, -0.1) is 0 Å². The summed E-state index contributed by atoms with van der Waals surface area (Å²) in [6.07, 6.45) is 0.832. The summed E-state index contributed by atoms with van der Waals surface area (Å²) in [6, 6.07) is 18.6. The van der Waals surface area contributed by atoms with E-state index in [2.05, 4.69) is 46.7 Å². The predicted octanol–water partition coefficient (Wildman–Crippen LogP) is 2.52. The predicted molar refractivity (Wildman–Crippen MR) is 79.2 cm³/mol. The fourth-order valence-electron chi connectivity index (χ4n) is 3.05. The monoisotopic (exact) mass is 264 g/mol. The van der Waals surface area contributed by atoms with E-state index in [0.717, 1.165) is 36.7 Å². The number of nitrogens with zero attached hydrogens (tertiary/aromatic N) is 1. The van der Waals surface area contributed by atoms with Gasteiger partial charge in [-0.05, 0) is 11.6 Å². The van der Waals surface area contributed by atoms with Crippen molar-refractivity contribution in [3.8, 4) is 5.75 Å². The van der Waals surface area contributed by atoms with Crippen LogP contribution in [0.25, 0.3) is 0 Å². The van der Waals surface area contributed by atoms with E-state index in [1.165, 1.54) is 5.56 Å². The molecule has 1 atom stereocenters. The summed E-state index contributed by atoms with van der Waals surface area (Å²) in [5.74, 6) is 1.92. The third-order valence-corrected chi connectivity index (χ3v) is 3.99. The molecule has 1 unspecified atom stereocenters. The minimum absolute atomic E-state index is 0.485. The third kappa shape index (κ3) is 1.63. The van der Waals surface area contributed by atoms with Gasteiger partial charge in [-0.3, -0.25) is 4.99 Å². The molecule has 0 bridgehead atoms. The molecule has 1 N–H and O–H groups in total. The van der Waals surface area contributed by atoms with Gasteiger partial charge in [-0.25, -0.2) is 0 Å². The summed E-state index contributed by atoms with van der Waals surface area (Å²) in [5.41, 5.74) is 1.92. The highest BCUT2D eigenvalue weighted by Crippen LogP contribution is 2.42.